The molecule has 0 unspecified atom stereocenters. The molecule has 0 aliphatic carbocycles. The number of rotatable bonds is 6. The highest BCUT2D eigenvalue weighted by Crippen LogP contribution is 2.16. The molecule has 2 aromatic carbocycles. The number of carbonyl (C=O) groups excluding carboxylic acids is 2. The fourth-order valence-corrected chi connectivity index (χ4v) is 2.40. The number of benzene rings is 2. The number of hydrogen-bond acceptors (Lipinski definition) is 4. The number of hydrogen-bond donors (Lipinski definition) is 0. The monoisotopic (exact) mass is 338 g/mol. The van der Waals surface area contributed by atoms with Gasteiger partial charge in [0.05, 0.1) is 7.11 Å². The molecule has 0 heterocycles. The van der Waals surface area contributed by atoms with Crippen LogP contribution in [-0.2, 0) is 9.53 Å². The number of aryl methyl sites for hydroxylation is 2. The maximum absolute atomic E-state index is 12.5. The predicted molar refractivity (Wildman–Crippen MR) is 97.8 cm³/mol. The molecule has 0 N–H and O–H groups in total. The quantitative estimate of drug-likeness (QED) is 0.451. The molecule has 4 nitrogen and oxygen atoms in total. The molecule has 0 fully saturated rings. The van der Waals surface area contributed by atoms with E-state index in [2.05, 4.69) is 0 Å². The van der Waals surface area contributed by atoms with Gasteiger partial charge in [-0.3, -0.25) is 4.79 Å². The standard InChI is InChI=1S/C21H22O4/c1-14-8-9-15(2)19(12-14)21(23)16(3)25-20(22)11-10-17-6-5-7-18(13-17)24-4/h5-13,16H,1-4H3/b11-10+/t16-/m1/s1. The van der Waals surface area contributed by atoms with Crippen molar-refractivity contribution in [1.82, 2.24) is 0 Å². The van der Waals surface area contributed by atoms with Crippen LogP contribution in [0.2, 0.25) is 0 Å². The molecule has 0 aliphatic rings. The van der Waals surface area contributed by atoms with Gasteiger partial charge in [0, 0.05) is 11.6 Å². The Kier molecular flexibility index (Phi) is 6.12. The summed E-state index contributed by atoms with van der Waals surface area (Å²) in [5.74, 6) is -0.0627. The topological polar surface area (TPSA) is 52.6 Å². The van der Waals surface area contributed by atoms with Gasteiger partial charge < -0.3 is 9.47 Å². The van der Waals surface area contributed by atoms with Crippen molar-refractivity contribution in [3.05, 3.63) is 70.8 Å². The molecule has 1 atom stereocenters. The first kappa shape index (κ1) is 18.5. The van der Waals surface area contributed by atoms with E-state index >= 15 is 0 Å². The molecule has 130 valence electrons. The van der Waals surface area contributed by atoms with Gasteiger partial charge in [0.2, 0.25) is 5.78 Å². The average Bonchev–Trinajstić information content (AvgIpc) is 2.61. The van der Waals surface area contributed by atoms with Crippen molar-refractivity contribution in [2.24, 2.45) is 0 Å². The van der Waals surface area contributed by atoms with Gasteiger partial charge in [0.15, 0.2) is 6.10 Å². The smallest absolute Gasteiger partial charge is 0.331 e. The fraction of sp³-hybridized carbons (Fsp3) is 0.238. The van der Waals surface area contributed by atoms with Crippen molar-refractivity contribution < 1.29 is 19.1 Å². The van der Waals surface area contributed by atoms with Gasteiger partial charge in [0.1, 0.15) is 5.75 Å². The number of carbonyl (C=O) groups is 2. The zero-order valence-electron chi connectivity index (χ0n) is 14.9. The summed E-state index contributed by atoms with van der Waals surface area (Å²) in [6, 6.07) is 12.9. The molecular formula is C21H22O4. The first-order chi connectivity index (χ1) is 11.9. The van der Waals surface area contributed by atoms with E-state index < -0.39 is 12.1 Å². The Morgan fingerprint density at radius 3 is 2.56 bits per heavy atom. The van der Waals surface area contributed by atoms with Gasteiger partial charge in [-0.1, -0.05) is 29.8 Å². The number of esters is 1. The molecule has 2 aromatic rings. The number of Topliss-reactive ketones (excluding diaryl/α,β-unsaturated/α-hetero) is 1. The minimum Gasteiger partial charge on any atom is -0.497 e. The Labute approximate surface area is 148 Å². The lowest BCUT2D eigenvalue weighted by molar-refractivity contribution is -0.140. The van der Waals surface area contributed by atoms with Crippen LogP contribution in [0.3, 0.4) is 0 Å². The molecule has 0 radical (unpaired) electrons. The third-order valence-electron chi connectivity index (χ3n) is 3.83. The van der Waals surface area contributed by atoms with Crippen molar-refractivity contribution in [1.29, 1.82) is 0 Å². The van der Waals surface area contributed by atoms with Gasteiger partial charge in [-0.05, 0) is 56.2 Å². The van der Waals surface area contributed by atoms with E-state index in [0.29, 0.717) is 11.3 Å². The number of methoxy groups -OCH3 is 1. The van der Waals surface area contributed by atoms with E-state index in [4.69, 9.17) is 9.47 Å². The van der Waals surface area contributed by atoms with Crippen LogP contribution in [-0.4, -0.2) is 25.0 Å². The minimum atomic E-state index is -0.844. The molecule has 0 bridgehead atoms. The number of ketones is 1. The molecule has 0 aromatic heterocycles. The maximum Gasteiger partial charge on any atom is 0.331 e. The highest BCUT2D eigenvalue weighted by molar-refractivity contribution is 6.02. The first-order valence-corrected chi connectivity index (χ1v) is 8.05. The van der Waals surface area contributed by atoms with Gasteiger partial charge in [0.25, 0.3) is 0 Å². The Bertz CT molecular complexity index is 805. The van der Waals surface area contributed by atoms with Crippen LogP contribution in [0.4, 0.5) is 0 Å². The Hall–Kier alpha value is -2.88. The maximum atomic E-state index is 12.5. The molecule has 0 saturated heterocycles. The van der Waals surface area contributed by atoms with Gasteiger partial charge in [-0.2, -0.15) is 0 Å². The van der Waals surface area contributed by atoms with Crippen LogP contribution < -0.4 is 4.74 Å². The highest BCUT2D eigenvalue weighted by atomic mass is 16.5. The van der Waals surface area contributed by atoms with E-state index in [9.17, 15) is 9.59 Å². The third kappa shape index (κ3) is 5.05. The number of ether oxygens (including phenoxy) is 2. The molecule has 0 aliphatic heterocycles. The zero-order chi connectivity index (χ0) is 18.4. The normalized spacial score (nSPS) is 12.0. The van der Waals surface area contributed by atoms with Crippen LogP contribution >= 0.6 is 0 Å². The molecule has 0 amide bonds. The average molecular weight is 338 g/mol. The van der Waals surface area contributed by atoms with E-state index in [1.165, 1.54) is 6.08 Å². The van der Waals surface area contributed by atoms with Crippen molar-refractivity contribution in [3.63, 3.8) is 0 Å². The molecule has 25 heavy (non-hydrogen) atoms. The Morgan fingerprint density at radius 1 is 1.08 bits per heavy atom. The van der Waals surface area contributed by atoms with Crippen molar-refractivity contribution in [2.45, 2.75) is 26.9 Å². The summed E-state index contributed by atoms with van der Waals surface area (Å²) in [6.07, 6.45) is 2.09. The zero-order valence-corrected chi connectivity index (χ0v) is 14.9. The fourth-order valence-electron chi connectivity index (χ4n) is 2.40. The van der Waals surface area contributed by atoms with E-state index in [1.54, 1.807) is 26.2 Å². The summed E-state index contributed by atoms with van der Waals surface area (Å²) in [7, 11) is 1.58. The summed E-state index contributed by atoms with van der Waals surface area (Å²) in [4.78, 5) is 24.5. The highest BCUT2D eigenvalue weighted by Gasteiger charge is 2.20. The lowest BCUT2D eigenvalue weighted by Crippen LogP contribution is -2.24. The summed E-state index contributed by atoms with van der Waals surface area (Å²) in [5, 5.41) is 0. The summed E-state index contributed by atoms with van der Waals surface area (Å²) >= 11 is 0. The van der Waals surface area contributed by atoms with E-state index in [-0.39, 0.29) is 5.78 Å². The van der Waals surface area contributed by atoms with Gasteiger partial charge in [-0.15, -0.1) is 0 Å². The van der Waals surface area contributed by atoms with Crippen molar-refractivity contribution in [2.75, 3.05) is 7.11 Å². The second-order valence-corrected chi connectivity index (χ2v) is 5.87. The Morgan fingerprint density at radius 2 is 1.84 bits per heavy atom. The second-order valence-electron chi connectivity index (χ2n) is 5.87. The molecule has 4 heteroatoms. The van der Waals surface area contributed by atoms with E-state index in [1.807, 2.05) is 50.2 Å². The molecule has 0 spiro atoms. The first-order valence-electron chi connectivity index (χ1n) is 8.05. The molecule has 2 rings (SSSR count). The summed E-state index contributed by atoms with van der Waals surface area (Å²) < 4.78 is 10.4. The summed E-state index contributed by atoms with van der Waals surface area (Å²) in [5.41, 5.74) is 3.25. The molecule has 0 saturated carbocycles. The van der Waals surface area contributed by atoms with Gasteiger partial charge in [-0.25, -0.2) is 4.79 Å². The van der Waals surface area contributed by atoms with Gasteiger partial charge >= 0.3 is 5.97 Å². The van der Waals surface area contributed by atoms with Crippen LogP contribution in [0.1, 0.15) is 34.0 Å². The largest absolute Gasteiger partial charge is 0.497 e. The van der Waals surface area contributed by atoms with Crippen LogP contribution in [0.15, 0.2) is 48.5 Å². The minimum absolute atomic E-state index is 0.204. The van der Waals surface area contributed by atoms with Crippen LogP contribution in [0.5, 0.6) is 5.75 Å². The molecular weight excluding hydrogens is 316 g/mol. The third-order valence-corrected chi connectivity index (χ3v) is 3.83. The van der Waals surface area contributed by atoms with Crippen LogP contribution in [0, 0.1) is 13.8 Å². The lowest BCUT2D eigenvalue weighted by Gasteiger charge is -2.13. The summed E-state index contributed by atoms with van der Waals surface area (Å²) in [6.45, 7) is 5.37. The van der Waals surface area contributed by atoms with Crippen molar-refractivity contribution >= 4 is 17.8 Å². The SMILES string of the molecule is COc1cccc(/C=C/C(=O)O[C@H](C)C(=O)c2cc(C)ccc2C)c1. The van der Waals surface area contributed by atoms with Crippen molar-refractivity contribution in [3.8, 4) is 5.75 Å². The Balaban J connectivity index is 2.02. The van der Waals surface area contributed by atoms with E-state index in [0.717, 1.165) is 16.7 Å². The lowest BCUT2D eigenvalue weighted by atomic mass is 9.99. The predicted octanol–water partition coefficient (Wildman–Crippen LogP) is 4.14. The van der Waals surface area contributed by atoms with Crippen LogP contribution in [0.25, 0.3) is 6.08 Å². The second kappa shape index (κ2) is 8.29.